The van der Waals surface area contributed by atoms with Crippen molar-refractivity contribution >= 4 is 5.91 Å². The van der Waals surface area contributed by atoms with Crippen LogP contribution < -0.4 is 5.32 Å². The van der Waals surface area contributed by atoms with Gasteiger partial charge in [0, 0.05) is 19.6 Å². The van der Waals surface area contributed by atoms with E-state index in [1.54, 1.807) is 11.0 Å². The van der Waals surface area contributed by atoms with Crippen LogP contribution in [0.1, 0.15) is 24.9 Å². The third kappa shape index (κ3) is 4.41. The molecule has 2 aromatic rings. The van der Waals surface area contributed by atoms with Gasteiger partial charge in [0.15, 0.2) is 0 Å². The Labute approximate surface area is 142 Å². The van der Waals surface area contributed by atoms with Crippen molar-refractivity contribution in [3.8, 4) is 0 Å². The summed E-state index contributed by atoms with van der Waals surface area (Å²) >= 11 is 0. The Balaban J connectivity index is 1.37. The first-order valence-corrected chi connectivity index (χ1v) is 8.60. The number of nitrogens with zero attached hydrogens (tertiary/aromatic N) is 4. The third-order valence-electron chi connectivity index (χ3n) is 4.71. The van der Waals surface area contributed by atoms with Crippen molar-refractivity contribution in [3.05, 3.63) is 48.5 Å². The summed E-state index contributed by atoms with van der Waals surface area (Å²) in [6.45, 7) is 5.84. The number of amides is 1. The Hall–Kier alpha value is -2.21. The number of nitrogens with one attached hydrogen (secondary N) is 1. The lowest BCUT2D eigenvalue weighted by Gasteiger charge is -2.17. The molecule has 1 fully saturated rings. The Morgan fingerprint density at radius 2 is 2.21 bits per heavy atom. The zero-order chi connectivity index (χ0) is 16.8. The van der Waals surface area contributed by atoms with Crippen molar-refractivity contribution < 1.29 is 4.79 Å². The smallest absolute Gasteiger partial charge is 0.244 e. The summed E-state index contributed by atoms with van der Waals surface area (Å²) in [7, 11) is 0. The zero-order valence-electron chi connectivity index (χ0n) is 14.1. The van der Waals surface area contributed by atoms with E-state index in [0.29, 0.717) is 5.92 Å². The van der Waals surface area contributed by atoms with Crippen molar-refractivity contribution in [2.45, 2.75) is 25.8 Å². The van der Waals surface area contributed by atoms with Gasteiger partial charge in [-0.05, 0) is 37.8 Å². The lowest BCUT2D eigenvalue weighted by Crippen LogP contribution is -2.35. The van der Waals surface area contributed by atoms with Gasteiger partial charge in [-0.1, -0.05) is 30.3 Å². The van der Waals surface area contributed by atoms with Gasteiger partial charge < -0.3 is 10.2 Å². The van der Waals surface area contributed by atoms with Gasteiger partial charge in [-0.25, -0.2) is 9.67 Å². The largest absolute Gasteiger partial charge is 0.354 e. The van der Waals surface area contributed by atoms with E-state index < -0.39 is 0 Å². The van der Waals surface area contributed by atoms with Crippen LogP contribution in [0.15, 0.2) is 43.0 Å². The fourth-order valence-electron chi connectivity index (χ4n) is 3.14. The molecule has 2 atom stereocenters. The van der Waals surface area contributed by atoms with Crippen LogP contribution in [0.3, 0.4) is 0 Å². The van der Waals surface area contributed by atoms with E-state index in [9.17, 15) is 4.79 Å². The Morgan fingerprint density at radius 1 is 1.38 bits per heavy atom. The van der Waals surface area contributed by atoms with E-state index in [0.717, 1.165) is 39.0 Å². The number of carbonyl (C=O) groups is 1. The maximum absolute atomic E-state index is 12.2. The summed E-state index contributed by atoms with van der Waals surface area (Å²) < 4.78 is 1.58. The molecule has 1 aromatic carbocycles. The molecule has 1 aromatic heterocycles. The lowest BCUT2D eigenvalue weighted by molar-refractivity contribution is -0.124. The molecular weight excluding hydrogens is 302 g/mol. The molecule has 1 amide bonds. The molecular formula is C18H25N5O. The molecule has 0 aliphatic carbocycles. The van der Waals surface area contributed by atoms with Crippen molar-refractivity contribution in [3.63, 3.8) is 0 Å². The van der Waals surface area contributed by atoms with E-state index in [1.165, 1.54) is 11.9 Å². The van der Waals surface area contributed by atoms with Crippen LogP contribution in [0.4, 0.5) is 0 Å². The maximum Gasteiger partial charge on any atom is 0.244 e. The quantitative estimate of drug-likeness (QED) is 0.837. The number of hydrogen-bond acceptors (Lipinski definition) is 4. The molecule has 128 valence electrons. The van der Waals surface area contributed by atoms with E-state index in [4.69, 9.17) is 0 Å². The second kappa shape index (κ2) is 8.06. The third-order valence-corrected chi connectivity index (χ3v) is 4.71. The molecule has 1 aliphatic heterocycles. The standard InChI is InChI=1S/C18H25N5O/c1-15(23-14-19-13-21-23)18(24)20-11-17-8-10-22(12-17)9-7-16-5-3-2-4-6-16/h2-6,13-15,17H,7-12H2,1H3,(H,20,24). The molecule has 1 saturated heterocycles. The van der Waals surface area contributed by atoms with Crippen molar-refractivity contribution in [2.24, 2.45) is 5.92 Å². The highest BCUT2D eigenvalue weighted by molar-refractivity contribution is 5.79. The summed E-state index contributed by atoms with van der Waals surface area (Å²) in [5.41, 5.74) is 1.39. The molecule has 6 nitrogen and oxygen atoms in total. The number of carbonyl (C=O) groups excluding carboxylic acids is 1. The molecule has 1 N–H and O–H groups in total. The van der Waals surface area contributed by atoms with Gasteiger partial charge >= 0.3 is 0 Å². The average molecular weight is 327 g/mol. The number of rotatable bonds is 7. The first-order chi connectivity index (χ1) is 11.7. The molecule has 1 aliphatic rings. The van der Waals surface area contributed by atoms with Gasteiger partial charge in [-0.3, -0.25) is 4.79 Å². The van der Waals surface area contributed by atoms with Crippen LogP contribution in [0.25, 0.3) is 0 Å². The van der Waals surface area contributed by atoms with Gasteiger partial charge in [0.2, 0.25) is 5.91 Å². The Kier molecular flexibility index (Phi) is 5.59. The minimum absolute atomic E-state index is 0.00300. The SMILES string of the molecule is CC(C(=O)NCC1CCN(CCc2ccccc2)C1)n1cncn1. The first kappa shape index (κ1) is 16.6. The van der Waals surface area contributed by atoms with Gasteiger partial charge in [0.25, 0.3) is 0 Å². The van der Waals surface area contributed by atoms with E-state index >= 15 is 0 Å². The molecule has 2 heterocycles. The van der Waals surface area contributed by atoms with Crippen LogP contribution in [-0.4, -0.2) is 51.8 Å². The highest BCUT2D eigenvalue weighted by Gasteiger charge is 2.23. The fraction of sp³-hybridized carbons (Fsp3) is 0.500. The Morgan fingerprint density at radius 3 is 2.96 bits per heavy atom. The average Bonchev–Trinajstić information content (AvgIpc) is 3.30. The van der Waals surface area contributed by atoms with E-state index in [-0.39, 0.29) is 11.9 Å². The van der Waals surface area contributed by atoms with Crippen LogP contribution in [-0.2, 0) is 11.2 Å². The highest BCUT2D eigenvalue weighted by Crippen LogP contribution is 2.16. The van der Waals surface area contributed by atoms with Crippen LogP contribution in [0.2, 0.25) is 0 Å². The van der Waals surface area contributed by atoms with Crippen molar-refractivity contribution in [1.82, 2.24) is 25.0 Å². The number of likely N-dealkylation sites (tertiary alicyclic amines) is 1. The minimum Gasteiger partial charge on any atom is -0.354 e. The molecule has 24 heavy (non-hydrogen) atoms. The molecule has 3 rings (SSSR count). The highest BCUT2D eigenvalue weighted by atomic mass is 16.2. The topological polar surface area (TPSA) is 63.1 Å². The number of hydrogen-bond donors (Lipinski definition) is 1. The van der Waals surface area contributed by atoms with Gasteiger partial charge in [-0.2, -0.15) is 5.10 Å². The summed E-state index contributed by atoms with van der Waals surface area (Å²) in [6.07, 6.45) is 5.26. The predicted molar refractivity (Wildman–Crippen MR) is 92.4 cm³/mol. The summed E-state index contributed by atoms with van der Waals surface area (Å²) in [5.74, 6) is 0.538. The molecule has 0 saturated carbocycles. The van der Waals surface area contributed by atoms with Crippen LogP contribution >= 0.6 is 0 Å². The monoisotopic (exact) mass is 327 g/mol. The zero-order valence-corrected chi connectivity index (χ0v) is 14.1. The molecule has 0 radical (unpaired) electrons. The molecule has 0 spiro atoms. The number of aromatic nitrogens is 3. The van der Waals surface area contributed by atoms with E-state index in [1.807, 2.05) is 6.92 Å². The minimum atomic E-state index is -0.317. The van der Waals surface area contributed by atoms with Gasteiger partial charge in [-0.15, -0.1) is 0 Å². The second-order valence-corrected chi connectivity index (χ2v) is 6.49. The Bertz CT molecular complexity index is 628. The molecule has 0 bridgehead atoms. The van der Waals surface area contributed by atoms with E-state index in [2.05, 4.69) is 50.6 Å². The van der Waals surface area contributed by atoms with Crippen LogP contribution in [0, 0.1) is 5.92 Å². The van der Waals surface area contributed by atoms with Gasteiger partial charge in [0.1, 0.15) is 18.7 Å². The predicted octanol–water partition coefficient (Wildman–Crippen LogP) is 1.52. The fourth-order valence-corrected chi connectivity index (χ4v) is 3.14. The van der Waals surface area contributed by atoms with Crippen molar-refractivity contribution in [1.29, 1.82) is 0 Å². The lowest BCUT2D eigenvalue weighted by atomic mass is 10.1. The normalized spacial score (nSPS) is 19.3. The maximum atomic E-state index is 12.2. The summed E-state index contributed by atoms with van der Waals surface area (Å²) in [4.78, 5) is 18.6. The molecule has 2 unspecified atom stereocenters. The first-order valence-electron chi connectivity index (χ1n) is 8.60. The summed E-state index contributed by atoms with van der Waals surface area (Å²) in [5, 5.41) is 7.07. The van der Waals surface area contributed by atoms with Gasteiger partial charge in [0.05, 0.1) is 0 Å². The van der Waals surface area contributed by atoms with Crippen LogP contribution in [0.5, 0.6) is 0 Å². The van der Waals surface area contributed by atoms with Crippen molar-refractivity contribution in [2.75, 3.05) is 26.2 Å². The summed E-state index contributed by atoms with van der Waals surface area (Å²) in [6, 6.07) is 10.3. The number of benzene rings is 1. The molecule has 6 heteroatoms. The second-order valence-electron chi connectivity index (χ2n) is 6.49.